The Morgan fingerprint density at radius 2 is 1.88 bits per heavy atom. The van der Waals surface area contributed by atoms with Gasteiger partial charge in [-0.05, 0) is 0 Å². The molecule has 16 heavy (non-hydrogen) atoms. The van der Waals surface area contributed by atoms with Crippen molar-refractivity contribution in [3.05, 3.63) is 58.2 Å². The van der Waals surface area contributed by atoms with Gasteiger partial charge >= 0.3 is 0 Å². The Morgan fingerprint density at radius 3 is 2.44 bits per heavy atom. The minimum atomic E-state index is -0.295. The number of hydrogen-bond acceptors (Lipinski definition) is 3. The minimum absolute atomic E-state index is 0.238. The molecule has 0 atom stereocenters. The summed E-state index contributed by atoms with van der Waals surface area (Å²) in [6, 6.07) is 2.46. The molecule has 0 aliphatic carbocycles. The highest BCUT2D eigenvalue weighted by molar-refractivity contribution is 4.86. The van der Waals surface area contributed by atoms with E-state index >= 15 is 0 Å². The van der Waals surface area contributed by atoms with Crippen molar-refractivity contribution in [2.75, 3.05) is 13.1 Å². The number of hydrogen-bond donors (Lipinski definition) is 1. The van der Waals surface area contributed by atoms with Gasteiger partial charge in [0.05, 0.1) is 6.67 Å². The topological polar surface area (TPSA) is 58.1 Å². The first-order chi connectivity index (χ1) is 7.67. The third-order valence-corrected chi connectivity index (χ3v) is 2.00. The lowest BCUT2D eigenvalue weighted by molar-refractivity contribution is 0.245. The summed E-state index contributed by atoms with van der Waals surface area (Å²) in [6.07, 6.45) is 3.46. The highest BCUT2D eigenvalue weighted by atomic mass is 16.1. The second-order valence-electron chi connectivity index (χ2n) is 3.33. The average molecular weight is 221 g/mol. The summed E-state index contributed by atoms with van der Waals surface area (Å²) in [7, 11) is 0. The average Bonchev–Trinajstić information content (AvgIpc) is 2.24. The Morgan fingerprint density at radius 1 is 1.25 bits per heavy atom. The van der Waals surface area contributed by atoms with Gasteiger partial charge < -0.3 is 0 Å². The molecule has 1 heterocycles. The van der Waals surface area contributed by atoms with Crippen LogP contribution in [0.15, 0.2) is 47.0 Å². The summed E-state index contributed by atoms with van der Waals surface area (Å²) in [5.74, 6) is 0. The number of rotatable bonds is 6. The summed E-state index contributed by atoms with van der Waals surface area (Å²) in [5.41, 5.74) is -0.533. The van der Waals surface area contributed by atoms with Crippen molar-refractivity contribution in [2.45, 2.75) is 6.67 Å². The van der Waals surface area contributed by atoms with Crippen LogP contribution < -0.4 is 11.1 Å². The largest absolute Gasteiger partial charge is 0.277 e. The smallest absolute Gasteiger partial charge is 0.266 e. The van der Waals surface area contributed by atoms with Crippen molar-refractivity contribution in [3.63, 3.8) is 0 Å². The standard InChI is InChI=1S/C11H15N3O2/c1-3-7-13(8-4-2)9-14-11(16)6-5-10(15)12-14/h3-6H,1-2,7-9H2,(H,12,15). The Kier molecular flexibility index (Phi) is 4.47. The summed E-state index contributed by atoms with van der Waals surface area (Å²) in [5, 5.41) is 2.46. The van der Waals surface area contributed by atoms with E-state index in [1.807, 2.05) is 4.90 Å². The van der Waals surface area contributed by atoms with Crippen LogP contribution in [-0.4, -0.2) is 27.8 Å². The maximum absolute atomic E-state index is 11.4. The van der Waals surface area contributed by atoms with Gasteiger partial charge in [-0.25, -0.2) is 4.68 Å². The highest BCUT2D eigenvalue weighted by Crippen LogP contribution is 1.90. The van der Waals surface area contributed by atoms with E-state index in [0.29, 0.717) is 19.8 Å². The molecule has 0 bridgehead atoms. The summed E-state index contributed by atoms with van der Waals surface area (Å²) >= 11 is 0. The molecule has 0 aliphatic rings. The zero-order chi connectivity index (χ0) is 12.0. The number of aromatic nitrogens is 2. The molecule has 1 aromatic rings. The molecule has 1 N–H and O–H groups in total. The van der Waals surface area contributed by atoms with Gasteiger partial charge in [0.25, 0.3) is 11.1 Å². The molecule has 86 valence electrons. The Balaban J connectivity index is 2.87. The van der Waals surface area contributed by atoms with Gasteiger partial charge in [-0.2, -0.15) is 0 Å². The third kappa shape index (κ3) is 3.36. The predicted octanol–water partition coefficient (Wildman–Crippen LogP) is 0.168. The van der Waals surface area contributed by atoms with E-state index in [1.165, 1.54) is 16.8 Å². The number of nitrogens with zero attached hydrogens (tertiary/aromatic N) is 2. The maximum atomic E-state index is 11.4. The van der Waals surface area contributed by atoms with Crippen LogP contribution in [0.2, 0.25) is 0 Å². The zero-order valence-corrected chi connectivity index (χ0v) is 9.06. The molecule has 0 fully saturated rings. The van der Waals surface area contributed by atoms with Crippen LogP contribution in [0.1, 0.15) is 0 Å². The lowest BCUT2D eigenvalue weighted by atomic mass is 10.5. The van der Waals surface area contributed by atoms with E-state index in [0.717, 1.165) is 0 Å². The van der Waals surface area contributed by atoms with Crippen molar-refractivity contribution in [3.8, 4) is 0 Å². The predicted molar refractivity (Wildman–Crippen MR) is 63.3 cm³/mol. The van der Waals surface area contributed by atoms with Crippen LogP contribution >= 0.6 is 0 Å². The normalized spacial score (nSPS) is 10.3. The molecule has 0 spiro atoms. The monoisotopic (exact) mass is 221 g/mol. The molecule has 0 aliphatic heterocycles. The molecule has 1 rings (SSSR count). The molecular formula is C11H15N3O2. The molecule has 0 aromatic carbocycles. The maximum Gasteiger partial charge on any atom is 0.266 e. The van der Waals surface area contributed by atoms with Crippen molar-refractivity contribution in [1.82, 2.24) is 14.7 Å². The lowest BCUT2D eigenvalue weighted by Crippen LogP contribution is -2.36. The van der Waals surface area contributed by atoms with Crippen LogP contribution in [0.4, 0.5) is 0 Å². The van der Waals surface area contributed by atoms with Crippen LogP contribution in [0.5, 0.6) is 0 Å². The molecule has 0 saturated carbocycles. The van der Waals surface area contributed by atoms with Crippen LogP contribution in [0, 0.1) is 0 Å². The fourth-order valence-electron chi connectivity index (χ4n) is 1.32. The molecule has 0 saturated heterocycles. The van der Waals surface area contributed by atoms with Gasteiger partial charge in [0.2, 0.25) is 0 Å². The fourth-order valence-corrected chi connectivity index (χ4v) is 1.32. The van der Waals surface area contributed by atoms with E-state index in [2.05, 4.69) is 18.3 Å². The first kappa shape index (κ1) is 12.2. The zero-order valence-electron chi connectivity index (χ0n) is 9.06. The van der Waals surface area contributed by atoms with Gasteiger partial charge in [0.15, 0.2) is 0 Å². The Labute approximate surface area is 93.3 Å². The second-order valence-corrected chi connectivity index (χ2v) is 3.33. The molecule has 5 nitrogen and oxygen atoms in total. The first-order valence-electron chi connectivity index (χ1n) is 4.91. The highest BCUT2D eigenvalue weighted by Gasteiger charge is 2.03. The fraction of sp³-hybridized carbons (Fsp3) is 0.273. The van der Waals surface area contributed by atoms with Crippen LogP contribution in [-0.2, 0) is 6.67 Å². The molecule has 0 amide bonds. The minimum Gasteiger partial charge on any atom is -0.277 e. The third-order valence-electron chi connectivity index (χ3n) is 2.00. The van der Waals surface area contributed by atoms with Crippen LogP contribution in [0.3, 0.4) is 0 Å². The van der Waals surface area contributed by atoms with Gasteiger partial charge in [-0.1, -0.05) is 12.2 Å². The molecule has 0 radical (unpaired) electrons. The lowest BCUT2D eigenvalue weighted by Gasteiger charge is -2.19. The van der Waals surface area contributed by atoms with Gasteiger partial charge in [0, 0.05) is 25.2 Å². The van der Waals surface area contributed by atoms with E-state index in [1.54, 1.807) is 12.2 Å². The molecular weight excluding hydrogens is 206 g/mol. The Hall–Kier alpha value is -1.88. The Bertz CT molecular complexity index is 463. The second kappa shape index (κ2) is 5.87. The number of nitrogens with one attached hydrogen (secondary N) is 1. The van der Waals surface area contributed by atoms with E-state index in [-0.39, 0.29) is 11.1 Å². The summed E-state index contributed by atoms with van der Waals surface area (Å²) < 4.78 is 1.26. The quantitative estimate of drug-likeness (QED) is 0.696. The van der Waals surface area contributed by atoms with Crippen molar-refractivity contribution >= 4 is 0 Å². The van der Waals surface area contributed by atoms with Crippen molar-refractivity contribution in [2.24, 2.45) is 0 Å². The first-order valence-corrected chi connectivity index (χ1v) is 4.91. The summed E-state index contributed by atoms with van der Waals surface area (Å²) in [4.78, 5) is 24.4. The van der Waals surface area contributed by atoms with E-state index < -0.39 is 0 Å². The van der Waals surface area contributed by atoms with Crippen LogP contribution in [0.25, 0.3) is 0 Å². The van der Waals surface area contributed by atoms with E-state index in [9.17, 15) is 9.59 Å². The molecule has 5 heteroatoms. The van der Waals surface area contributed by atoms with E-state index in [4.69, 9.17) is 0 Å². The van der Waals surface area contributed by atoms with Gasteiger partial charge in [-0.3, -0.25) is 19.6 Å². The van der Waals surface area contributed by atoms with Crippen molar-refractivity contribution < 1.29 is 0 Å². The number of H-pyrrole nitrogens is 1. The molecule has 0 unspecified atom stereocenters. The van der Waals surface area contributed by atoms with Crippen molar-refractivity contribution in [1.29, 1.82) is 0 Å². The number of aromatic amines is 1. The molecule has 1 aromatic heterocycles. The SMILES string of the molecule is C=CCN(CC=C)Cn1[nH]c(=O)ccc1=O. The van der Waals surface area contributed by atoms with Gasteiger partial charge in [-0.15, -0.1) is 13.2 Å². The summed E-state index contributed by atoms with van der Waals surface area (Å²) in [6.45, 7) is 8.81. The van der Waals surface area contributed by atoms with Gasteiger partial charge in [0.1, 0.15) is 0 Å².